The van der Waals surface area contributed by atoms with Crippen molar-refractivity contribution in [3.63, 3.8) is 0 Å². The quantitative estimate of drug-likeness (QED) is 0.835. The summed E-state index contributed by atoms with van der Waals surface area (Å²) in [7, 11) is 1.48. The molecule has 1 aliphatic rings. The molecule has 3 amide bonds. The van der Waals surface area contributed by atoms with Crippen LogP contribution in [0.3, 0.4) is 0 Å². The number of aromatic nitrogens is 2. The van der Waals surface area contributed by atoms with E-state index in [2.05, 4.69) is 27.1 Å². The molecule has 1 aliphatic carbocycles. The van der Waals surface area contributed by atoms with Crippen LogP contribution in [0.25, 0.3) is 0 Å². The molecule has 0 atom stereocenters. The molecule has 7 heteroatoms. The number of carbonyl (C=O) groups excluding carboxylic acids is 2. The summed E-state index contributed by atoms with van der Waals surface area (Å²) in [4.78, 5) is 27.5. The number of imide groups is 1. The fraction of sp³-hybridized carbons (Fsp3) is 0.667. The van der Waals surface area contributed by atoms with Crippen molar-refractivity contribution in [3.8, 4) is 0 Å². The van der Waals surface area contributed by atoms with Crippen LogP contribution >= 0.6 is 11.8 Å². The lowest BCUT2D eigenvalue weighted by Gasteiger charge is -2.26. The Morgan fingerprint density at radius 1 is 1.27 bits per heavy atom. The highest BCUT2D eigenvalue weighted by molar-refractivity contribution is 7.99. The van der Waals surface area contributed by atoms with Crippen molar-refractivity contribution in [2.45, 2.75) is 57.1 Å². The molecule has 6 nitrogen and oxygen atoms in total. The van der Waals surface area contributed by atoms with E-state index in [0.717, 1.165) is 10.9 Å². The zero-order chi connectivity index (χ0) is 16.1. The highest BCUT2D eigenvalue weighted by atomic mass is 32.2. The molecule has 1 saturated carbocycles. The first-order valence-electron chi connectivity index (χ1n) is 7.72. The Bertz CT molecular complexity index is 550. The van der Waals surface area contributed by atoms with Gasteiger partial charge < -0.3 is 9.88 Å². The summed E-state index contributed by atoms with van der Waals surface area (Å²) in [6.07, 6.45) is 6.16. The lowest BCUT2D eigenvalue weighted by molar-refractivity contribution is -0.117. The van der Waals surface area contributed by atoms with Crippen LogP contribution in [0.4, 0.5) is 4.79 Å². The van der Waals surface area contributed by atoms with Crippen LogP contribution in [0, 0.1) is 13.8 Å². The maximum absolute atomic E-state index is 11.7. The number of rotatable bonds is 4. The molecule has 1 fully saturated rings. The highest BCUT2D eigenvalue weighted by Gasteiger charge is 2.22. The van der Waals surface area contributed by atoms with E-state index >= 15 is 0 Å². The molecule has 2 rings (SSSR count). The standard InChI is InChI=1S/C15H24N4O2S/c1-10-11(2)19(12-7-5-4-6-8-12)15(17-10)22-9-13(20)18-14(21)16-3/h12H,4-9H2,1-3H3,(H2,16,18,20,21). The number of thioether (sulfide) groups is 1. The number of nitrogens with one attached hydrogen (secondary N) is 2. The van der Waals surface area contributed by atoms with Gasteiger partial charge in [0.1, 0.15) is 0 Å². The van der Waals surface area contributed by atoms with Gasteiger partial charge in [-0.2, -0.15) is 0 Å². The zero-order valence-electron chi connectivity index (χ0n) is 13.4. The molecule has 0 aromatic carbocycles. The van der Waals surface area contributed by atoms with Crippen LogP contribution in [-0.4, -0.2) is 34.3 Å². The number of hydrogen-bond donors (Lipinski definition) is 2. The maximum Gasteiger partial charge on any atom is 0.321 e. The van der Waals surface area contributed by atoms with Crippen LogP contribution in [0.1, 0.15) is 49.5 Å². The first-order valence-corrected chi connectivity index (χ1v) is 8.71. The van der Waals surface area contributed by atoms with E-state index in [9.17, 15) is 9.59 Å². The summed E-state index contributed by atoms with van der Waals surface area (Å²) in [5.74, 6) is -0.117. The second kappa shape index (κ2) is 7.67. The minimum atomic E-state index is -0.478. The molecule has 1 aromatic rings. The zero-order valence-corrected chi connectivity index (χ0v) is 14.3. The number of carbonyl (C=O) groups is 2. The van der Waals surface area contributed by atoms with Crippen molar-refractivity contribution in [2.24, 2.45) is 0 Å². The minimum absolute atomic E-state index is 0.191. The Morgan fingerprint density at radius 3 is 2.59 bits per heavy atom. The molecule has 0 bridgehead atoms. The normalized spacial score (nSPS) is 15.6. The minimum Gasteiger partial charge on any atom is -0.341 e. The Labute approximate surface area is 135 Å². The van der Waals surface area contributed by atoms with Gasteiger partial charge in [0.25, 0.3) is 0 Å². The third-order valence-corrected chi connectivity index (χ3v) is 5.06. The van der Waals surface area contributed by atoms with Gasteiger partial charge in [-0.25, -0.2) is 9.78 Å². The molecular weight excluding hydrogens is 300 g/mol. The van der Waals surface area contributed by atoms with E-state index in [1.165, 1.54) is 56.6 Å². The van der Waals surface area contributed by atoms with Gasteiger partial charge in [0.2, 0.25) is 5.91 Å². The third-order valence-electron chi connectivity index (χ3n) is 4.11. The first-order chi connectivity index (χ1) is 10.5. The van der Waals surface area contributed by atoms with Gasteiger partial charge in [-0.3, -0.25) is 10.1 Å². The van der Waals surface area contributed by atoms with Gasteiger partial charge in [0, 0.05) is 18.8 Å². The molecule has 2 N–H and O–H groups in total. The summed E-state index contributed by atoms with van der Waals surface area (Å²) in [5.41, 5.74) is 2.20. The van der Waals surface area contributed by atoms with Gasteiger partial charge in [-0.05, 0) is 26.7 Å². The van der Waals surface area contributed by atoms with Crippen LogP contribution in [0.5, 0.6) is 0 Å². The number of hydrogen-bond acceptors (Lipinski definition) is 4. The molecule has 22 heavy (non-hydrogen) atoms. The second-order valence-electron chi connectivity index (χ2n) is 5.64. The van der Waals surface area contributed by atoms with Crippen LogP contribution in [0.15, 0.2) is 5.16 Å². The van der Waals surface area contributed by atoms with Crippen molar-refractivity contribution >= 4 is 23.7 Å². The van der Waals surface area contributed by atoms with Gasteiger partial charge in [-0.15, -0.1) is 0 Å². The largest absolute Gasteiger partial charge is 0.341 e. The van der Waals surface area contributed by atoms with Crippen molar-refractivity contribution < 1.29 is 9.59 Å². The van der Waals surface area contributed by atoms with E-state index in [0.29, 0.717) is 6.04 Å². The molecule has 1 heterocycles. The Morgan fingerprint density at radius 2 is 1.95 bits per heavy atom. The fourth-order valence-corrected chi connectivity index (χ4v) is 3.78. The number of nitrogens with zero attached hydrogens (tertiary/aromatic N) is 2. The summed E-state index contributed by atoms with van der Waals surface area (Å²) in [6.45, 7) is 4.09. The molecule has 122 valence electrons. The Kier molecular flexibility index (Phi) is 5.88. The van der Waals surface area contributed by atoms with Gasteiger partial charge >= 0.3 is 6.03 Å². The molecule has 0 saturated heterocycles. The molecule has 0 unspecified atom stereocenters. The van der Waals surface area contributed by atoms with Crippen LogP contribution < -0.4 is 10.6 Å². The van der Waals surface area contributed by atoms with Gasteiger partial charge in [0.05, 0.1) is 11.4 Å². The lowest BCUT2D eigenvalue weighted by Crippen LogP contribution is -2.38. The second-order valence-corrected chi connectivity index (χ2v) is 6.59. The smallest absolute Gasteiger partial charge is 0.321 e. The average molecular weight is 324 g/mol. The molecule has 0 aliphatic heterocycles. The number of amides is 3. The summed E-state index contributed by atoms with van der Waals surface area (Å²) < 4.78 is 2.28. The summed E-state index contributed by atoms with van der Waals surface area (Å²) in [5, 5.41) is 5.53. The van der Waals surface area contributed by atoms with Crippen molar-refractivity contribution in [2.75, 3.05) is 12.8 Å². The van der Waals surface area contributed by atoms with Crippen LogP contribution in [0.2, 0.25) is 0 Å². The van der Waals surface area contributed by atoms with E-state index in [1.54, 1.807) is 0 Å². The fourth-order valence-electron chi connectivity index (χ4n) is 2.82. The van der Waals surface area contributed by atoms with E-state index in [-0.39, 0.29) is 11.7 Å². The maximum atomic E-state index is 11.7. The van der Waals surface area contributed by atoms with Crippen LogP contribution in [-0.2, 0) is 4.79 Å². The predicted octanol–water partition coefficient (Wildman–Crippen LogP) is 2.55. The first kappa shape index (κ1) is 16.9. The van der Waals surface area contributed by atoms with E-state index in [4.69, 9.17) is 0 Å². The van der Waals surface area contributed by atoms with Crippen molar-refractivity contribution in [3.05, 3.63) is 11.4 Å². The SMILES string of the molecule is CNC(=O)NC(=O)CSc1nc(C)c(C)n1C1CCCCC1. The molecule has 0 radical (unpaired) electrons. The highest BCUT2D eigenvalue weighted by Crippen LogP contribution is 2.34. The van der Waals surface area contributed by atoms with Gasteiger partial charge in [0.15, 0.2) is 5.16 Å². The number of imidazole rings is 1. The monoisotopic (exact) mass is 324 g/mol. The van der Waals surface area contributed by atoms with Gasteiger partial charge in [-0.1, -0.05) is 31.0 Å². The topological polar surface area (TPSA) is 76.0 Å². The molecule has 0 spiro atoms. The Hall–Kier alpha value is -1.50. The molecule has 1 aromatic heterocycles. The van der Waals surface area contributed by atoms with E-state index in [1.807, 2.05) is 6.92 Å². The third kappa shape index (κ3) is 4.03. The lowest BCUT2D eigenvalue weighted by atomic mass is 9.95. The molecular formula is C15H24N4O2S. The van der Waals surface area contributed by atoms with Crippen molar-refractivity contribution in [1.82, 2.24) is 20.2 Å². The summed E-state index contributed by atoms with van der Waals surface area (Å²) in [6, 6.07) is 0.00744. The average Bonchev–Trinajstić information content (AvgIpc) is 2.81. The number of aryl methyl sites for hydroxylation is 1. The van der Waals surface area contributed by atoms with E-state index < -0.39 is 6.03 Å². The number of urea groups is 1. The summed E-state index contributed by atoms with van der Waals surface area (Å²) >= 11 is 1.40. The Balaban J connectivity index is 2.05. The van der Waals surface area contributed by atoms with Crippen molar-refractivity contribution in [1.29, 1.82) is 0 Å². The predicted molar refractivity (Wildman–Crippen MR) is 87.1 cm³/mol.